The van der Waals surface area contributed by atoms with Crippen LogP contribution in [0.2, 0.25) is 0 Å². The maximum atomic E-state index is 13.0. The minimum Gasteiger partial charge on any atom is -0.493 e. The lowest BCUT2D eigenvalue weighted by Gasteiger charge is -2.18. The first-order valence-electron chi connectivity index (χ1n) is 9.28. The predicted octanol–water partition coefficient (Wildman–Crippen LogP) is 4.63. The molecule has 0 unspecified atom stereocenters. The number of nitrogens with one attached hydrogen (secondary N) is 1. The second-order valence-corrected chi connectivity index (χ2v) is 8.45. The van der Waals surface area contributed by atoms with Crippen LogP contribution in [0.4, 0.5) is 0 Å². The minimum absolute atomic E-state index is 0.0438. The van der Waals surface area contributed by atoms with Crippen molar-refractivity contribution in [1.29, 1.82) is 0 Å². The summed E-state index contributed by atoms with van der Waals surface area (Å²) < 4.78 is 34.7. The summed E-state index contributed by atoms with van der Waals surface area (Å²) in [6.45, 7) is 2.67. The van der Waals surface area contributed by atoms with Crippen LogP contribution in [-0.4, -0.2) is 21.1 Å². The van der Waals surface area contributed by atoms with E-state index in [9.17, 15) is 8.42 Å². The Bertz CT molecular complexity index is 809. The van der Waals surface area contributed by atoms with Crippen LogP contribution in [-0.2, 0) is 10.0 Å². The van der Waals surface area contributed by atoms with Crippen LogP contribution in [0.15, 0.2) is 41.3 Å². The smallest absolute Gasteiger partial charge is 0.241 e. The maximum Gasteiger partial charge on any atom is 0.241 e. The molecule has 0 spiro atoms. The highest BCUT2D eigenvalue weighted by Gasteiger charge is 2.23. The summed E-state index contributed by atoms with van der Waals surface area (Å²) in [7, 11) is -3.55. The van der Waals surface area contributed by atoms with Crippen LogP contribution >= 0.6 is 0 Å². The predicted molar refractivity (Wildman–Crippen MR) is 102 cm³/mol. The van der Waals surface area contributed by atoms with E-state index >= 15 is 0 Å². The second-order valence-electron chi connectivity index (χ2n) is 6.77. The summed E-state index contributed by atoms with van der Waals surface area (Å²) in [6, 6.07) is 11.1. The molecule has 0 saturated heterocycles. The summed E-state index contributed by atoms with van der Waals surface area (Å²) >= 11 is 0. The number of sulfonamides is 1. The standard InChI is InChI=1S/C20H27NO3S/c1-2-15-24-19-13-14-20(18-12-8-7-11-17(18)19)25(22,23)21-16-9-5-3-4-6-10-16/h7-8,11-14,16,21H,2-6,9-10,15H2,1H3. The SMILES string of the molecule is CCCOc1ccc(S(=O)(=O)NC2CCCCCC2)c2ccccc12. The van der Waals surface area contributed by atoms with Crippen LogP contribution in [0.3, 0.4) is 0 Å². The molecule has 5 heteroatoms. The van der Waals surface area contributed by atoms with Gasteiger partial charge in [0.25, 0.3) is 0 Å². The third-order valence-corrected chi connectivity index (χ3v) is 6.35. The molecule has 0 bridgehead atoms. The lowest BCUT2D eigenvalue weighted by molar-refractivity contribution is 0.321. The minimum atomic E-state index is -3.55. The Hall–Kier alpha value is -1.59. The fourth-order valence-electron chi connectivity index (χ4n) is 3.50. The van der Waals surface area contributed by atoms with Gasteiger partial charge in [0.2, 0.25) is 10.0 Å². The number of fused-ring (bicyclic) bond motifs is 1. The molecule has 25 heavy (non-hydrogen) atoms. The van der Waals surface area contributed by atoms with E-state index in [1.807, 2.05) is 24.3 Å². The van der Waals surface area contributed by atoms with E-state index in [1.54, 1.807) is 12.1 Å². The van der Waals surface area contributed by atoms with Crippen molar-refractivity contribution >= 4 is 20.8 Å². The highest BCUT2D eigenvalue weighted by molar-refractivity contribution is 7.89. The summed E-state index contributed by atoms with van der Waals surface area (Å²) in [4.78, 5) is 0.344. The molecule has 0 heterocycles. The van der Waals surface area contributed by atoms with Gasteiger partial charge in [0, 0.05) is 16.8 Å². The molecule has 136 valence electrons. The Morgan fingerprint density at radius 2 is 1.68 bits per heavy atom. The van der Waals surface area contributed by atoms with Gasteiger partial charge in [0.15, 0.2) is 0 Å². The van der Waals surface area contributed by atoms with Gasteiger partial charge < -0.3 is 4.74 Å². The fraction of sp³-hybridized carbons (Fsp3) is 0.500. The van der Waals surface area contributed by atoms with Gasteiger partial charge in [-0.25, -0.2) is 13.1 Å². The molecule has 3 rings (SSSR count). The summed E-state index contributed by atoms with van der Waals surface area (Å²) in [5.74, 6) is 0.742. The van der Waals surface area contributed by atoms with Gasteiger partial charge in [-0.3, -0.25) is 0 Å². The molecule has 2 aromatic carbocycles. The van der Waals surface area contributed by atoms with E-state index in [-0.39, 0.29) is 6.04 Å². The Morgan fingerprint density at radius 1 is 1.00 bits per heavy atom. The molecule has 1 aliphatic rings. The first kappa shape index (κ1) is 18.2. The van der Waals surface area contributed by atoms with Crippen LogP contribution in [0.25, 0.3) is 10.8 Å². The summed E-state index contributed by atoms with van der Waals surface area (Å²) in [6.07, 6.45) is 7.35. The van der Waals surface area contributed by atoms with E-state index in [1.165, 1.54) is 12.8 Å². The Labute approximate surface area is 150 Å². The molecule has 0 aromatic heterocycles. The van der Waals surface area contributed by atoms with Crippen molar-refractivity contribution in [2.75, 3.05) is 6.61 Å². The summed E-state index contributed by atoms with van der Waals surface area (Å²) in [5.41, 5.74) is 0. The quantitative estimate of drug-likeness (QED) is 0.763. The van der Waals surface area contributed by atoms with Crippen LogP contribution < -0.4 is 9.46 Å². The van der Waals surface area contributed by atoms with Crippen molar-refractivity contribution in [2.24, 2.45) is 0 Å². The van der Waals surface area contributed by atoms with Gasteiger partial charge in [0.05, 0.1) is 11.5 Å². The molecular formula is C20H27NO3S. The Morgan fingerprint density at radius 3 is 2.36 bits per heavy atom. The molecule has 0 aliphatic heterocycles. The largest absolute Gasteiger partial charge is 0.493 e. The van der Waals surface area contributed by atoms with E-state index in [2.05, 4.69) is 11.6 Å². The van der Waals surface area contributed by atoms with Crippen molar-refractivity contribution in [1.82, 2.24) is 4.72 Å². The van der Waals surface area contributed by atoms with E-state index in [0.29, 0.717) is 11.5 Å². The van der Waals surface area contributed by atoms with Gasteiger partial charge in [0.1, 0.15) is 5.75 Å². The van der Waals surface area contributed by atoms with Gasteiger partial charge in [-0.2, -0.15) is 0 Å². The van der Waals surface area contributed by atoms with Crippen molar-refractivity contribution in [3.05, 3.63) is 36.4 Å². The molecule has 1 aliphatic carbocycles. The number of rotatable bonds is 6. The lowest BCUT2D eigenvalue weighted by atomic mass is 10.1. The lowest BCUT2D eigenvalue weighted by Crippen LogP contribution is -2.34. The zero-order chi connectivity index (χ0) is 17.7. The maximum absolute atomic E-state index is 13.0. The zero-order valence-electron chi connectivity index (χ0n) is 14.8. The zero-order valence-corrected chi connectivity index (χ0v) is 15.6. The highest BCUT2D eigenvalue weighted by Crippen LogP contribution is 2.31. The molecule has 0 atom stereocenters. The van der Waals surface area contributed by atoms with Crippen LogP contribution in [0, 0.1) is 0 Å². The first-order chi connectivity index (χ1) is 12.1. The molecule has 2 aromatic rings. The Kier molecular flexibility index (Phi) is 5.97. The average molecular weight is 362 g/mol. The molecular weight excluding hydrogens is 334 g/mol. The van der Waals surface area contributed by atoms with Crippen molar-refractivity contribution in [3.63, 3.8) is 0 Å². The van der Waals surface area contributed by atoms with Crippen LogP contribution in [0.5, 0.6) is 5.75 Å². The third-order valence-electron chi connectivity index (χ3n) is 4.77. The monoisotopic (exact) mass is 361 g/mol. The van der Waals surface area contributed by atoms with Crippen LogP contribution in [0.1, 0.15) is 51.9 Å². The second kappa shape index (κ2) is 8.19. The Balaban J connectivity index is 1.94. The summed E-state index contributed by atoms with van der Waals surface area (Å²) in [5, 5.41) is 1.57. The fourth-order valence-corrected chi connectivity index (χ4v) is 5.01. The van der Waals surface area contributed by atoms with Gasteiger partial charge in [-0.05, 0) is 31.4 Å². The van der Waals surface area contributed by atoms with Gasteiger partial charge >= 0.3 is 0 Å². The molecule has 1 N–H and O–H groups in total. The van der Waals surface area contributed by atoms with E-state index in [0.717, 1.165) is 48.6 Å². The number of hydrogen-bond donors (Lipinski definition) is 1. The topological polar surface area (TPSA) is 55.4 Å². The highest BCUT2D eigenvalue weighted by atomic mass is 32.2. The van der Waals surface area contributed by atoms with Crippen molar-refractivity contribution in [2.45, 2.75) is 62.8 Å². The molecule has 1 fully saturated rings. The number of hydrogen-bond acceptors (Lipinski definition) is 3. The van der Waals surface area contributed by atoms with E-state index in [4.69, 9.17) is 4.74 Å². The molecule has 0 amide bonds. The molecule has 0 radical (unpaired) electrons. The number of benzene rings is 2. The average Bonchev–Trinajstić information content (AvgIpc) is 2.87. The van der Waals surface area contributed by atoms with E-state index < -0.39 is 10.0 Å². The van der Waals surface area contributed by atoms with Crippen molar-refractivity contribution in [3.8, 4) is 5.75 Å². The first-order valence-corrected chi connectivity index (χ1v) is 10.8. The number of ether oxygens (including phenoxy) is 1. The third kappa shape index (κ3) is 4.33. The molecule has 1 saturated carbocycles. The van der Waals surface area contributed by atoms with Gasteiger partial charge in [-0.15, -0.1) is 0 Å². The normalized spacial score (nSPS) is 16.7. The van der Waals surface area contributed by atoms with Gasteiger partial charge in [-0.1, -0.05) is 56.9 Å². The van der Waals surface area contributed by atoms with Crippen molar-refractivity contribution < 1.29 is 13.2 Å². The molecule has 4 nitrogen and oxygen atoms in total.